The van der Waals surface area contributed by atoms with Crippen LogP contribution >= 0.6 is 11.3 Å². The van der Waals surface area contributed by atoms with Crippen molar-refractivity contribution in [2.75, 3.05) is 11.9 Å². The normalized spacial score (nSPS) is 10.0. The molecule has 0 aliphatic carbocycles. The van der Waals surface area contributed by atoms with E-state index < -0.39 is 5.97 Å². The Kier molecular flexibility index (Phi) is 4.73. The van der Waals surface area contributed by atoms with Gasteiger partial charge in [0.15, 0.2) is 0 Å². The smallest absolute Gasteiger partial charge is 0.348 e. The van der Waals surface area contributed by atoms with Gasteiger partial charge in [-0.25, -0.2) is 4.79 Å². The van der Waals surface area contributed by atoms with Crippen LogP contribution in [0.1, 0.15) is 16.1 Å². The van der Waals surface area contributed by atoms with E-state index in [4.69, 9.17) is 9.84 Å². The molecule has 20 heavy (non-hydrogen) atoms. The number of para-hydroxylation sites is 1. The first-order chi connectivity index (χ1) is 9.66. The molecule has 1 aromatic heterocycles. The third kappa shape index (κ3) is 3.83. The molecule has 0 aliphatic rings. The number of hydrogen-bond donors (Lipinski definition) is 2. The Morgan fingerprint density at radius 1 is 1.20 bits per heavy atom. The van der Waals surface area contributed by atoms with Crippen molar-refractivity contribution < 1.29 is 19.4 Å². The van der Waals surface area contributed by atoms with E-state index in [1.165, 1.54) is 0 Å². The molecule has 2 rings (SSSR count). The summed E-state index contributed by atoms with van der Waals surface area (Å²) in [4.78, 5) is 22.7. The molecule has 0 fully saturated rings. The fourth-order valence-corrected chi connectivity index (χ4v) is 2.25. The van der Waals surface area contributed by atoms with Crippen molar-refractivity contribution in [1.29, 1.82) is 0 Å². The topological polar surface area (TPSA) is 75.6 Å². The van der Waals surface area contributed by atoms with E-state index >= 15 is 0 Å². The van der Waals surface area contributed by atoms with Gasteiger partial charge in [-0.05, 0) is 23.6 Å². The Hall–Kier alpha value is -2.34. The van der Waals surface area contributed by atoms with Crippen LogP contribution in [0.5, 0.6) is 5.75 Å². The van der Waals surface area contributed by atoms with Gasteiger partial charge in [0.2, 0.25) is 5.91 Å². The number of nitrogens with one attached hydrogen (secondary N) is 1. The predicted octanol–water partition coefficient (Wildman–Crippen LogP) is 2.85. The number of carbonyl (C=O) groups is 2. The minimum Gasteiger partial charge on any atom is -0.493 e. The maximum Gasteiger partial charge on any atom is 0.348 e. The summed E-state index contributed by atoms with van der Waals surface area (Å²) in [5.74, 6) is -0.625. The van der Waals surface area contributed by atoms with Gasteiger partial charge in [0.25, 0.3) is 0 Å². The van der Waals surface area contributed by atoms with E-state index in [1.54, 1.807) is 23.6 Å². The molecule has 2 aromatic rings. The summed E-state index contributed by atoms with van der Waals surface area (Å²) in [6.45, 7) is 0.238. The highest BCUT2D eigenvalue weighted by Crippen LogP contribution is 2.22. The van der Waals surface area contributed by atoms with Crippen LogP contribution in [0, 0.1) is 0 Å². The third-order valence-corrected chi connectivity index (χ3v) is 3.38. The average molecular weight is 291 g/mol. The molecule has 104 valence electrons. The molecule has 0 saturated carbocycles. The highest BCUT2D eigenvalue weighted by Gasteiger charge is 2.13. The molecule has 0 spiro atoms. The second-order valence-electron chi connectivity index (χ2n) is 3.93. The number of hydrogen-bond acceptors (Lipinski definition) is 4. The predicted molar refractivity (Wildman–Crippen MR) is 76.5 cm³/mol. The zero-order valence-electron chi connectivity index (χ0n) is 10.5. The second kappa shape index (κ2) is 6.72. The molecule has 6 heteroatoms. The lowest BCUT2D eigenvalue weighted by molar-refractivity contribution is -0.116. The van der Waals surface area contributed by atoms with E-state index in [0.717, 1.165) is 11.3 Å². The minimum absolute atomic E-state index is 0.127. The van der Waals surface area contributed by atoms with Crippen molar-refractivity contribution in [3.63, 3.8) is 0 Å². The van der Waals surface area contributed by atoms with Crippen LogP contribution in [-0.2, 0) is 4.79 Å². The fraction of sp³-hybridized carbons (Fsp3) is 0.143. The van der Waals surface area contributed by atoms with Crippen molar-refractivity contribution in [2.45, 2.75) is 6.42 Å². The molecule has 0 atom stereocenters. The number of amides is 1. The number of ether oxygens (including phenoxy) is 1. The van der Waals surface area contributed by atoms with Crippen LogP contribution in [0.3, 0.4) is 0 Å². The molecular weight excluding hydrogens is 278 g/mol. The van der Waals surface area contributed by atoms with E-state index in [9.17, 15) is 9.59 Å². The number of anilines is 1. The van der Waals surface area contributed by atoms with E-state index in [-0.39, 0.29) is 23.8 Å². The standard InChI is InChI=1S/C14H13NO4S/c16-12(6-8-19-10-4-2-1-3-5-10)15-11-7-9-20-13(11)14(17)18/h1-5,7,9H,6,8H2,(H,15,16)(H,17,18). The summed E-state index contributed by atoms with van der Waals surface area (Å²) in [6, 6.07) is 10.8. The number of carboxylic acid groups (broad SMARTS) is 1. The van der Waals surface area contributed by atoms with Crippen LogP contribution in [0.2, 0.25) is 0 Å². The Bertz CT molecular complexity index is 594. The molecule has 1 amide bonds. The van der Waals surface area contributed by atoms with Gasteiger partial charge in [-0.15, -0.1) is 11.3 Å². The zero-order valence-corrected chi connectivity index (χ0v) is 11.4. The molecule has 0 radical (unpaired) electrons. The molecule has 1 heterocycles. The number of aromatic carboxylic acids is 1. The fourth-order valence-electron chi connectivity index (χ4n) is 1.56. The van der Waals surface area contributed by atoms with Crippen molar-refractivity contribution in [3.05, 3.63) is 46.7 Å². The van der Waals surface area contributed by atoms with Gasteiger partial charge < -0.3 is 15.2 Å². The monoisotopic (exact) mass is 291 g/mol. The second-order valence-corrected chi connectivity index (χ2v) is 4.84. The number of thiophene rings is 1. The van der Waals surface area contributed by atoms with E-state index in [1.807, 2.05) is 18.2 Å². The Morgan fingerprint density at radius 3 is 2.65 bits per heavy atom. The van der Waals surface area contributed by atoms with Gasteiger partial charge in [-0.3, -0.25) is 4.79 Å². The first kappa shape index (κ1) is 14.1. The van der Waals surface area contributed by atoms with Gasteiger partial charge in [0, 0.05) is 0 Å². The zero-order chi connectivity index (χ0) is 14.4. The number of benzene rings is 1. The SMILES string of the molecule is O=C(CCOc1ccccc1)Nc1ccsc1C(=O)O. The van der Waals surface area contributed by atoms with Crippen LogP contribution in [0.4, 0.5) is 5.69 Å². The molecule has 5 nitrogen and oxygen atoms in total. The maximum absolute atomic E-state index is 11.7. The molecule has 0 saturated heterocycles. The maximum atomic E-state index is 11.7. The lowest BCUT2D eigenvalue weighted by atomic mass is 10.3. The molecule has 1 aromatic carbocycles. The van der Waals surface area contributed by atoms with E-state index in [2.05, 4.69) is 5.32 Å². The van der Waals surface area contributed by atoms with Gasteiger partial charge in [-0.2, -0.15) is 0 Å². The Morgan fingerprint density at radius 2 is 1.95 bits per heavy atom. The van der Waals surface area contributed by atoms with E-state index in [0.29, 0.717) is 11.4 Å². The van der Waals surface area contributed by atoms with Gasteiger partial charge in [-0.1, -0.05) is 18.2 Å². The molecule has 0 aliphatic heterocycles. The van der Waals surface area contributed by atoms with Gasteiger partial charge in [0.05, 0.1) is 18.7 Å². The first-order valence-corrected chi connectivity index (χ1v) is 6.83. The summed E-state index contributed by atoms with van der Waals surface area (Å²) >= 11 is 1.07. The lowest BCUT2D eigenvalue weighted by Crippen LogP contribution is -2.16. The van der Waals surface area contributed by atoms with Crippen LogP contribution in [-0.4, -0.2) is 23.6 Å². The highest BCUT2D eigenvalue weighted by molar-refractivity contribution is 7.12. The van der Waals surface area contributed by atoms with Gasteiger partial charge in [0.1, 0.15) is 10.6 Å². The minimum atomic E-state index is -1.05. The average Bonchev–Trinajstić information content (AvgIpc) is 2.88. The summed E-state index contributed by atoms with van der Waals surface area (Å²) in [5, 5.41) is 13.1. The number of carbonyl (C=O) groups excluding carboxylic acids is 1. The molecule has 0 bridgehead atoms. The summed E-state index contributed by atoms with van der Waals surface area (Å²) in [5.41, 5.74) is 0.326. The van der Waals surface area contributed by atoms with Crippen LogP contribution < -0.4 is 10.1 Å². The Labute approximate surface area is 119 Å². The quantitative estimate of drug-likeness (QED) is 0.858. The van der Waals surface area contributed by atoms with Crippen molar-refractivity contribution in [2.24, 2.45) is 0 Å². The van der Waals surface area contributed by atoms with Crippen LogP contribution in [0.15, 0.2) is 41.8 Å². The highest BCUT2D eigenvalue weighted by atomic mass is 32.1. The molecular formula is C14H13NO4S. The van der Waals surface area contributed by atoms with Crippen molar-refractivity contribution in [1.82, 2.24) is 0 Å². The number of rotatable bonds is 6. The number of carboxylic acids is 1. The third-order valence-electron chi connectivity index (χ3n) is 2.47. The first-order valence-electron chi connectivity index (χ1n) is 5.95. The molecule has 2 N–H and O–H groups in total. The van der Waals surface area contributed by atoms with Crippen molar-refractivity contribution >= 4 is 28.9 Å². The summed E-state index contributed by atoms with van der Waals surface area (Å²) in [6.07, 6.45) is 0.157. The summed E-state index contributed by atoms with van der Waals surface area (Å²) in [7, 11) is 0. The molecule has 0 unspecified atom stereocenters. The Balaban J connectivity index is 1.81. The summed E-state index contributed by atoms with van der Waals surface area (Å²) < 4.78 is 5.40. The largest absolute Gasteiger partial charge is 0.493 e. The van der Waals surface area contributed by atoms with Crippen molar-refractivity contribution in [3.8, 4) is 5.75 Å². The lowest BCUT2D eigenvalue weighted by Gasteiger charge is -2.06. The van der Waals surface area contributed by atoms with Crippen LogP contribution in [0.25, 0.3) is 0 Å². The van der Waals surface area contributed by atoms with Gasteiger partial charge >= 0.3 is 5.97 Å².